The summed E-state index contributed by atoms with van der Waals surface area (Å²) in [7, 11) is 0. The highest BCUT2D eigenvalue weighted by Crippen LogP contribution is 2.16. The van der Waals surface area contributed by atoms with Crippen LogP contribution in [0.3, 0.4) is 0 Å². The predicted octanol–water partition coefficient (Wildman–Crippen LogP) is 3.20. The van der Waals surface area contributed by atoms with Crippen molar-refractivity contribution in [3.8, 4) is 0 Å². The van der Waals surface area contributed by atoms with Crippen molar-refractivity contribution in [2.75, 3.05) is 0 Å². The Morgan fingerprint density at radius 1 is 1.35 bits per heavy atom. The van der Waals surface area contributed by atoms with E-state index in [1.807, 2.05) is 0 Å². The Kier molecular flexibility index (Phi) is 6.84. The van der Waals surface area contributed by atoms with Crippen molar-refractivity contribution >= 4 is 11.9 Å². The molecule has 0 aliphatic rings. The van der Waals surface area contributed by atoms with Crippen molar-refractivity contribution in [1.82, 2.24) is 5.32 Å². The minimum Gasteiger partial charge on any atom is -0.475 e. The van der Waals surface area contributed by atoms with Crippen LogP contribution in [0.15, 0.2) is 16.5 Å². The van der Waals surface area contributed by atoms with E-state index >= 15 is 0 Å². The van der Waals surface area contributed by atoms with E-state index in [0.717, 1.165) is 25.7 Å². The average molecular weight is 281 g/mol. The van der Waals surface area contributed by atoms with Crippen LogP contribution in [-0.4, -0.2) is 17.0 Å². The summed E-state index contributed by atoms with van der Waals surface area (Å²) in [6.45, 7) is 4.47. The smallest absolute Gasteiger partial charge is 0.371 e. The first-order chi connectivity index (χ1) is 9.56. The fourth-order valence-electron chi connectivity index (χ4n) is 2.05. The zero-order chi connectivity index (χ0) is 15.0. The van der Waals surface area contributed by atoms with Crippen molar-refractivity contribution in [3.63, 3.8) is 0 Å². The number of nitrogens with one attached hydrogen (secondary N) is 1. The standard InChI is InChI=1S/C15H23NO4/c1-3-5-6-11(4-2)9-14(17)16-10-12-7-8-13(20-12)15(18)19/h7-8,11H,3-6,9-10H2,1-2H3,(H,16,17)(H,18,19). The molecule has 0 aliphatic carbocycles. The van der Waals surface area contributed by atoms with Gasteiger partial charge >= 0.3 is 5.97 Å². The number of hydrogen-bond acceptors (Lipinski definition) is 3. The molecule has 2 N–H and O–H groups in total. The number of amides is 1. The molecule has 0 radical (unpaired) electrons. The quantitative estimate of drug-likeness (QED) is 0.728. The van der Waals surface area contributed by atoms with E-state index < -0.39 is 5.97 Å². The molecular weight excluding hydrogens is 258 g/mol. The number of hydrogen-bond donors (Lipinski definition) is 2. The van der Waals surface area contributed by atoms with E-state index in [-0.39, 0.29) is 18.2 Å². The van der Waals surface area contributed by atoms with Gasteiger partial charge in [0, 0.05) is 6.42 Å². The van der Waals surface area contributed by atoms with Gasteiger partial charge in [-0.3, -0.25) is 4.79 Å². The van der Waals surface area contributed by atoms with E-state index in [4.69, 9.17) is 9.52 Å². The lowest BCUT2D eigenvalue weighted by molar-refractivity contribution is -0.122. The zero-order valence-electron chi connectivity index (χ0n) is 12.1. The summed E-state index contributed by atoms with van der Waals surface area (Å²) in [4.78, 5) is 22.5. The fraction of sp³-hybridized carbons (Fsp3) is 0.600. The molecule has 0 aromatic carbocycles. The number of carbonyl (C=O) groups excluding carboxylic acids is 1. The van der Waals surface area contributed by atoms with Crippen molar-refractivity contribution in [2.45, 2.75) is 52.5 Å². The van der Waals surface area contributed by atoms with Crippen LogP contribution in [0.5, 0.6) is 0 Å². The maximum absolute atomic E-state index is 11.8. The number of unbranched alkanes of at least 4 members (excludes halogenated alkanes) is 1. The second-order valence-corrected chi connectivity index (χ2v) is 4.97. The van der Waals surface area contributed by atoms with Crippen LogP contribution in [0.1, 0.15) is 62.3 Å². The molecule has 0 bridgehead atoms. The Morgan fingerprint density at radius 2 is 2.10 bits per heavy atom. The Bertz CT molecular complexity index is 439. The molecule has 1 aromatic rings. The molecule has 1 aromatic heterocycles. The lowest BCUT2D eigenvalue weighted by Crippen LogP contribution is -2.24. The highest BCUT2D eigenvalue weighted by atomic mass is 16.4. The van der Waals surface area contributed by atoms with Crippen molar-refractivity contribution in [1.29, 1.82) is 0 Å². The molecule has 1 atom stereocenters. The van der Waals surface area contributed by atoms with E-state index in [9.17, 15) is 9.59 Å². The zero-order valence-corrected chi connectivity index (χ0v) is 12.1. The Balaban J connectivity index is 2.36. The van der Waals surface area contributed by atoms with Gasteiger partial charge in [-0.05, 0) is 24.5 Å². The number of furan rings is 1. The van der Waals surface area contributed by atoms with Gasteiger partial charge in [-0.25, -0.2) is 4.79 Å². The molecule has 112 valence electrons. The summed E-state index contributed by atoms with van der Waals surface area (Å²) < 4.78 is 5.08. The lowest BCUT2D eigenvalue weighted by atomic mass is 9.95. The molecule has 1 unspecified atom stereocenters. The minimum absolute atomic E-state index is 0.0128. The first kappa shape index (κ1) is 16.3. The third-order valence-electron chi connectivity index (χ3n) is 3.35. The van der Waals surface area contributed by atoms with Crippen molar-refractivity contribution < 1.29 is 19.1 Å². The van der Waals surface area contributed by atoms with Crippen molar-refractivity contribution in [2.24, 2.45) is 5.92 Å². The monoisotopic (exact) mass is 281 g/mol. The first-order valence-electron chi connectivity index (χ1n) is 7.15. The number of carbonyl (C=O) groups is 2. The van der Waals surface area contributed by atoms with Crippen LogP contribution in [0.4, 0.5) is 0 Å². The predicted molar refractivity (Wildman–Crippen MR) is 75.4 cm³/mol. The summed E-state index contributed by atoms with van der Waals surface area (Å²) in [5, 5.41) is 11.5. The number of aromatic carboxylic acids is 1. The van der Waals surface area contributed by atoms with Gasteiger partial charge in [0.05, 0.1) is 6.54 Å². The molecule has 1 heterocycles. The molecule has 0 saturated heterocycles. The molecular formula is C15H23NO4. The van der Waals surface area contributed by atoms with Crippen LogP contribution in [0, 0.1) is 5.92 Å². The van der Waals surface area contributed by atoms with Crippen LogP contribution >= 0.6 is 0 Å². The molecule has 1 rings (SSSR count). The Labute approximate surface area is 119 Å². The Morgan fingerprint density at radius 3 is 2.65 bits per heavy atom. The number of carboxylic acid groups (broad SMARTS) is 1. The maximum atomic E-state index is 11.8. The maximum Gasteiger partial charge on any atom is 0.371 e. The third-order valence-corrected chi connectivity index (χ3v) is 3.35. The summed E-state index contributed by atoms with van der Waals surface area (Å²) >= 11 is 0. The topological polar surface area (TPSA) is 79.5 Å². The summed E-state index contributed by atoms with van der Waals surface area (Å²) in [5.41, 5.74) is 0. The molecule has 0 fully saturated rings. The van der Waals surface area contributed by atoms with Crippen LogP contribution < -0.4 is 5.32 Å². The fourth-order valence-corrected chi connectivity index (χ4v) is 2.05. The number of carboxylic acids is 1. The van der Waals surface area contributed by atoms with Gasteiger partial charge in [0.1, 0.15) is 5.76 Å². The van der Waals surface area contributed by atoms with Gasteiger partial charge < -0.3 is 14.8 Å². The molecule has 5 nitrogen and oxygen atoms in total. The van der Waals surface area contributed by atoms with Gasteiger partial charge in [-0.2, -0.15) is 0 Å². The summed E-state index contributed by atoms with van der Waals surface area (Å²) in [5.74, 6) is -0.350. The van der Waals surface area contributed by atoms with Crippen molar-refractivity contribution in [3.05, 3.63) is 23.7 Å². The summed E-state index contributed by atoms with van der Waals surface area (Å²) in [6, 6.07) is 2.96. The van der Waals surface area contributed by atoms with Gasteiger partial charge in [0.2, 0.25) is 11.7 Å². The highest BCUT2D eigenvalue weighted by molar-refractivity contribution is 5.84. The second-order valence-electron chi connectivity index (χ2n) is 4.97. The molecule has 5 heteroatoms. The molecule has 1 amide bonds. The van der Waals surface area contributed by atoms with Crippen LogP contribution in [0.2, 0.25) is 0 Å². The largest absolute Gasteiger partial charge is 0.475 e. The van der Waals surface area contributed by atoms with Crippen LogP contribution in [0.25, 0.3) is 0 Å². The highest BCUT2D eigenvalue weighted by Gasteiger charge is 2.13. The van der Waals surface area contributed by atoms with Gasteiger partial charge in [0.25, 0.3) is 0 Å². The molecule has 0 saturated carbocycles. The van der Waals surface area contributed by atoms with E-state index in [0.29, 0.717) is 18.1 Å². The number of rotatable bonds is 9. The molecule has 20 heavy (non-hydrogen) atoms. The first-order valence-corrected chi connectivity index (χ1v) is 7.15. The van der Waals surface area contributed by atoms with E-state index in [1.54, 1.807) is 6.07 Å². The van der Waals surface area contributed by atoms with E-state index in [1.165, 1.54) is 6.07 Å². The average Bonchev–Trinajstić information content (AvgIpc) is 2.90. The molecule has 0 spiro atoms. The SMILES string of the molecule is CCCCC(CC)CC(=O)NCc1ccc(C(=O)O)o1. The van der Waals surface area contributed by atoms with Gasteiger partial charge in [0.15, 0.2) is 0 Å². The van der Waals surface area contributed by atoms with Gasteiger partial charge in [-0.1, -0.05) is 33.1 Å². The summed E-state index contributed by atoms with van der Waals surface area (Å²) in [6.07, 6.45) is 4.87. The third kappa shape index (κ3) is 5.47. The normalized spacial score (nSPS) is 12.1. The van der Waals surface area contributed by atoms with E-state index in [2.05, 4.69) is 19.2 Å². The second kappa shape index (κ2) is 8.40. The molecule has 0 aliphatic heterocycles. The Hall–Kier alpha value is -1.78. The lowest BCUT2D eigenvalue weighted by Gasteiger charge is -2.13. The minimum atomic E-state index is -1.10. The van der Waals surface area contributed by atoms with Crippen LogP contribution in [-0.2, 0) is 11.3 Å². The van der Waals surface area contributed by atoms with Gasteiger partial charge in [-0.15, -0.1) is 0 Å².